The van der Waals surface area contributed by atoms with E-state index in [0.717, 1.165) is 43.4 Å². The van der Waals surface area contributed by atoms with Crippen molar-refractivity contribution in [2.45, 2.75) is 38.8 Å². The number of benzene rings is 1. The molecule has 1 unspecified atom stereocenters. The molecular formula is C18H18F3NOS. The summed E-state index contributed by atoms with van der Waals surface area (Å²) in [5, 5.41) is 4.56. The molecule has 128 valence electrons. The van der Waals surface area contributed by atoms with Crippen molar-refractivity contribution in [3.05, 3.63) is 51.2 Å². The van der Waals surface area contributed by atoms with Crippen molar-refractivity contribution in [3.63, 3.8) is 0 Å². The molecule has 0 saturated carbocycles. The van der Waals surface area contributed by atoms with Gasteiger partial charge in [-0.2, -0.15) is 13.2 Å². The number of fused-ring (bicyclic) bond motifs is 1. The van der Waals surface area contributed by atoms with Crippen molar-refractivity contribution in [2.24, 2.45) is 5.92 Å². The molecule has 1 aromatic heterocycles. The minimum absolute atomic E-state index is 0.248. The van der Waals surface area contributed by atoms with E-state index >= 15 is 0 Å². The Bertz CT molecular complexity index is 734. The van der Waals surface area contributed by atoms with Gasteiger partial charge in [0.15, 0.2) is 0 Å². The lowest BCUT2D eigenvalue weighted by Crippen LogP contribution is -2.17. The molecule has 0 aliphatic heterocycles. The maximum atomic E-state index is 12.6. The fourth-order valence-corrected chi connectivity index (χ4v) is 4.26. The highest BCUT2D eigenvalue weighted by Crippen LogP contribution is 2.35. The number of nitrogens with one attached hydrogen (secondary N) is 1. The Morgan fingerprint density at radius 1 is 1.29 bits per heavy atom. The van der Waals surface area contributed by atoms with Crippen LogP contribution in [0.1, 0.15) is 46.1 Å². The lowest BCUT2D eigenvalue weighted by Gasteiger charge is -2.21. The normalized spacial score (nSPS) is 17.4. The predicted octanol–water partition coefficient (Wildman–Crippen LogP) is 5.53. The lowest BCUT2D eigenvalue weighted by molar-refractivity contribution is -0.137. The minimum Gasteiger partial charge on any atom is -0.322 e. The molecule has 1 aromatic carbocycles. The summed E-state index contributed by atoms with van der Waals surface area (Å²) in [5.41, 5.74) is 1.41. The summed E-state index contributed by atoms with van der Waals surface area (Å²) in [6.45, 7) is 2.18. The molecular weight excluding hydrogens is 335 g/mol. The van der Waals surface area contributed by atoms with Gasteiger partial charge in [-0.05, 0) is 55.0 Å². The summed E-state index contributed by atoms with van der Waals surface area (Å²) in [5.74, 6) is 0.434. The van der Waals surface area contributed by atoms with Crippen LogP contribution in [-0.2, 0) is 19.0 Å². The van der Waals surface area contributed by atoms with Gasteiger partial charge in [0, 0.05) is 15.9 Å². The standard InChI is InChI=1S/C18H18F3NOS/c1-2-11-3-8-14-15(10-24-16(14)9-11)17(23)22-13-6-4-12(5-7-13)18(19,20)21/h4-7,10-11H,2-3,8-9H2,1H3,(H,22,23). The molecule has 6 heteroatoms. The van der Waals surface area contributed by atoms with E-state index in [-0.39, 0.29) is 5.91 Å². The zero-order valence-electron chi connectivity index (χ0n) is 13.2. The number of rotatable bonds is 3. The van der Waals surface area contributed by atoms with E-state index in [0.29, 0.717) is 17.2 Å². The summed E-state index contributed by atoms with van der Waals surface area (Å²) < 4.78 is 37.7. The van der Waals surface area contributed by atoms with Crippen molar-refractivity contribution < 1.29 is 18.0 Å². The van der Waals surface area contributed by atoms with Crippen molar-refractivity contribution in [3.8, 4) is 0 Å². The van der Waals surface area contributed by atoms with Gasteiger partial charge in [-0.3, -0.25) is 4.79 Å². The van der Waals surface area contributed by atoms with Crippen LogP contribution in [0.25, 0.3) is 0 Å². The van der Waals surface area contributed by atoms with Gasteiger partial charge >= 0.3 is 6.18 Å². The third-order valence-electron chi connectivity index (χ3n) is 4.55. The SMILES string of the molecule is CCC1CCc2c(C(=O)Nc3ccc(C(F)(F)F)cc3)csc2C1. The zero-order chi connectivity index (χ0) is 17.3. The summed E-state index contributed by atoms with van der Waals surface area (Å²) in [6, 6.07) is 4.52. The van der Waals surface area contributed by atoms with Gasteiger partial charge in [-0.25, -0.2) is 0 Å². The summed E-state index contributed by atoms with van der Waals surface area (Å²) in [6.07, 6.45) is -0.229. The number of thiophene rings is 1. The number of anilines is 1. The van der Waals surface area contributed by atoms with E-state index in [1.807, 2.05) is 5.38 Å². The second-order valence-corrected chi connectivity index (χ2v) is 7.06. The van der Waals surface area contributed by atoms with Crippen LogP contribution < -0.4 is 5.32 Å². The molecule has 3 rings (SSSR count). The Morgan fingerprint density at radius 3 is 2.62 bits per heavy atom. The number of carbonyl (C=O) groups excluding carboxylic acids is 1. The molecule has 1 aliphatic rings. The van der Waals surface area contributed by atoms with Crippen LogP contribution in [-0.4, -0.2) is 5.91 Å². The van der Waals surface area contributed by atoms with Crippen LogP contribution in [0, 0.1) is 5.92 Å². The first-order valence-corrected chi connectivity index (χ1v) is 8.84. The molecule has 0 bridgehead atoms. The predicted molar refractivity (Wildman–Crippen MR) is 89.5 cm³/mol. The van der Waals surface area contributed by atoms with Gasteiger partial charge in [0.2, 0.25) is 0 Å². The van der Waals surface area contributed by atoms with Gasteiger partial charge in [0.1, 0.15) is 0 Å². The van der Waals surface area contributed by atoms with E-state index in [1.54, 1.807) is 11.3 Å². The topological polar surface area (TPSA) is 29.1 Å². The zero-order valence-corrected chi connectivity index (χ0v) is 14.1. The fourth-order valence-electron chi connectivity index (χ4n) is 3.06. The Balaban J connectivity index is 1.73. The van der Waals surface area contributed by atoms with Gasteiger partial charge in [-0.1, -0.05) is 13.3 Å². The third-order valence-corrected chi connectivity index (χ3v) is 5.60. The van der Waals surface area contributed by atoms with Crippen LogP contribution in [0.3, 0.4) is 0 Å². The average molecular weight is 353 g/mol. The number of amides is 1. The highest BCUT2D eigenvalue weighted by atomic mass is 32.1. The van der Waals surface area contributed by atoms with Gasteiger partial charge in [0.25, 0.3) is 5.91 Å². The highest BCUT2D eigenvalue weighted by molar-refractivity contribution is 7.10. The number of hydrogen-bond acceptors (Lipinski definition) is 2. The van der Waals surface area contributed by atoms with Crippen molar-refractivity contribution in [2.75, 3.05) is 5.32 Å². The van der Waals surface area contributed by atoms with E-state index in [9.17, 15) is 18.0 Å². The number of alkyl halides is 3. The largest absolute Gasteiger partial charge is 0.416 e. The first-order chi connectivity index (χ1) is 11.4. The summed E-state index contributed by atoms with van der Waals surface area (Å²) in [7, 11) is 0. The van der Waals surface area contributed by atoms with Crippen molar-refractivity contribution in [1.82, 2.24) is 0 Å². The Labute approximate surface area is 142 Å². The molecule has 0 fully saturated rings. The monoisotopic (exact) mass is 353 g/mol. The fraction of sp³-hybridized carbons (Fsp3) is 0.389. The van der Waals surface area contributed by atoms with Crippen LogP contribution >= 0.6 is 11.3 Å². The molecule has 1 aliphatic carbocycles. The van der Waals surface area contributed by atoms with Crippen molar-refractivity contribution >= 4 is 22.9 Å². The molecule has 0 spiro atoms. The number of halogens is 3. The average Bonchev–Trinajstić information content (AvgIpc) is 2.97. The lowest BCUT2D eigenvalue weighted by atomic mass is 9.86. The maximum Gasteiger partial charge on any atom is 0.416 e. The third kappa shape index (κ3) is 3.48. The maximum absolute atomic E-state index is 12.6. The minimum atomic E-state index is -4.37. The quantitative estimate of drug-likeness (QED) is 0.772. The van der Waals surface area contributed by atoms with E-state index in [4.69, 9.17) is 0 Å². The van der Waals surface area contributed by atoms with Crippen LogP contribution in [0.2, 0.25) is 0 Å². The molecule has 2 nitrogen and oxygen atoms in total. The molecule has 1 heterocycles. The number of carbonyl (C=O) groups is 1. The van der Waals surface area contributed by atoms with Crippen molar-refractivity contribution in [1.29, 1.82) is 0 Å². The highest BCUT2D eigenvalue weighted by Gasteiger charge is 2.30. The van der Waals surface area contributed by atoms with Gasteiger partial charge in [-0.15, -0.1) is 11.3 Å². The van der Waals surface area contributed by atoms with Crippen LogP contribution in [0.15, 0.2) is 29.6 Å². The molecule has 2 aromatic rings. The van der Waals surface area contributed by atoms with Gasteiger partial charge < -0.3 is 5.32 Å². The first-order valence-electron chi connectivity index (χ1n) is 7.96. The molecule has 24 heavy (non-hydrogen) atoms. The molecule has 1 atom stereocenters. The van der Waals surface area contributed by atoms with E-state index < -0.39 is 11.7 Å². The Kier molecular flexibility index (Phi) is 4.67. The summed E-state index contributed by atoms with van der Waals surface area (Å²) >= 11 is 1.61. The molecule has 0 saturated heterocycles. The Morgan fingerprint density at radius 2 is 2.00 bits per heavy atom. The smallest absolute Gasteiger partial charge is 0.322 e. The van der Waals surface area contributed by atoms with Gasteiger partial charge in [0.05, 0.1) is 11.1 Å². The first kappa shape index (κ1) is 17.0. The molecule has 1 amide bonds. The van der Waals surface area contributed by atoms with E-state index in [1.165, 1.54) is 17.0 Å². The van der Waals surface area contributed by atoms with E-state index in [2.05, 4.69) is 12.2 Å². The van der Waals surface area contributed by atoms with Crippen LogP contribution in [0.5, 0.6) is 0 Å². The second kappa shape index (κ2) is 6.59. The molecule has 1 N–H and O–H groups in total. The second-order valence-electron chi connectivity index (χ2n) is 6.10. The molecule has 0 radical (unpaired) electrons. The Hall–Kier alpha value is -1.82. The number of hydrogen-bond donors (Lipinski definition) is 1. The summed E-state index contributed by atoms with van der Waals surface area (Å²) in [4.78, 5) is 13.7. The van der Waals surface area contributed by atoms with Crippen LogP contribution in [0.4, 0.5) is 18.9 Å².